The number of hydrogen-bond acceptors (Lipinski definition) is 5. The van der Waals surface area contributed by atoms with Gasteiger partial charge in [-0.25, -0.2) is 4.98 Å². The Morgan fingerprint density at radius 1 is 1.30 bits per heavy atom. The van der Waals surface area contributed by atoms with E-state index in [4.69, 9.17) is 0 Å². The molecule has 1 aromatic heterocycles. The van der Waals surface area contributed by atoms with Crippen molar-refractivity contribution in [3.8, 4) is 0 Å². The maximum atomic E-state index is 12.1. The molecule has 104 valence electrons. The second kappa shape index (κ2) is 5.83. The van der Waals surface area contributed by atoms with Crippen molar-refractivity contribution in [1.29, 1.82) is 0 Å². The van der Waals surface area contributed by atoms with E-state index >= 15 is 0 Å². The molecule has 0 saturated carbocycles. The van der Waals surface area contributed by atoms with Crippen LogP contribution < -0.4 is 10.4 Å². The van der Waals surface area contributed by atoms with E-state index in [1.165, 1.54) is 0 Å². The summed E-state index contributed by atoms with van der Waals surface area (Å²) in [5.41, 5.74) is 1.07. The lowest BCUT2D eigenvalue weighted by Gasteiger charge is -2.09. The maximum absolute atomic E-state index is 12.1. The first-order valence-electron chi connectivity index (χ1n) is 6.03. The third-order valence-corrected chi connectivity index (χ3v) is 4.12. The summed E-state index contributed by atoms with van der Waals surface area (Å²) in [5, 5.41) is 14.1. The van der Waals surface area contributed by atoms with Gasteiger partial charge in [0.25, 0.3) is 0 Å². The Bertz CT molecular complexity index is 637. The fraction of sp³-hybridized carbons (Fsp3) is 0.214. The molecule has 0 fully saturated rings. The van der Waals surface area contributed by atoms with Gasteiger partial charge in [-0.3, -0.25) is 4.79 Å². The monoisotopic (exact) mass is 289 g/mol. The molecule has 1 aromatic carbocycles. The number of aromatic carboxylic acids is 1. The van der Waals surface area contributed by atoms with E-state index in [2.05, 4.69) is 10.3 Å². The predicted molar refractivity (Wildman–Crippen MR) is 74.7 cm³/mol. The van der Waals surface area contributed by atoms with Crippen LogP contribution in [-0.4, -0.2) is 16.9 Å². The molecule has 0 aliphatic heterocycles. The molecule has 1 N–H and O–H groups in total. The standard InChI is InChI=1S/C14H14N2O3S/c1-8(12(17)16-10-6-4-3-5-7-10)13-15-9(2)11(20-13)14(18)19/h3-8H,1-2H3,(H,16,17)(H,18,19)/p-1/t8-/m1/s1. The van der Waals surface area contributed by atoms with Crippen LogP contribution >= 0.6 is 11.3 Å². The molecule has 0 radical (unpaired) electrons. The zero-order valence-corrected chi connectivity index (χ0v) is 11.9. The zero-order valence-electron chi connectivity index (χ0n) is 11.0. The summed E-state index contributed by atoms with van der Waals surface area (Å²) in [7, 11) is 0. The molecule has 0 spiro atoms. The van der Waals surface area contributed by atoms with Gasteiger partial charge in [0.2, 0.25) is 5.91 Å². The number of aromatic nitrogens is 1. The number of carbonyl (C=O) groups is 2. The Balaban J connectivity index is 2.15. The summed E-state index contributed by atoms with van der Waals surface area (Å²) in [6, 6.07) is 9.06. The molecule has 2 rings (SSSR count). The highest BCUT2D eigenvalue weighted by Crippen LogP contribution is 2.25. The van der Waals surface area contributed by atoms with Crippen LogP contribution in [0.1, 0.15) is 33.2 Å². The number of aryl methyl sites for hydroxylation is 1. The molecule has 5 nitrogen and oxygen atoms in total. The van der Waals surface area contributed by atoms with Gasteiger partial charge in [0.1, 0.15) is 5.01 Å². The van der Waals surface area contributed by atoms with Gasteiger partial charge in [0.15, 0.2) is 0 Å². The average Bonchev–Trinajstić information content (AvgIpc) is 2.81. The lowest BCUT2D eigenvalue weighted by molar-refractivity contribution is -0.254. The minimum absolute atomic E-state index is 0.0689. The molecule has 1 heterocycles. The van der Waals surface area contributed by atoms with Crippen molar-refractivity contribution >= 4 is 28.9 Å². The van der Waals surface area contributed by atoms with Crippen molar-refractivity contribution in [3.05, 3.63) is 45.9 Å². The number of amides is 1. The van der Waals surface area contributed by atoms with Crippen LogP contribution in [0.2, 0.25) is 0 Å². The highest BCUT2D eigenvalue weighted by molar-refractivity contribution is 7.13. The molecule has 1 atom stereocenters. The van der Waals surface area contributed by atoms with Crippen LogP contribution in [0.5, 0.6) is 0 Å². The molecule has 0 aliphatic rings. The minimum atomic E-state index is -1.26. The van der Waals surface area contributed by atoms with E-state index in [1.807, 2.05) is 18.2 Å². The van der Waals surface area contributed by atoms with Gasteiger partial charge < -0.3 is 15.2 Å². The quantitative estimate of drug-likeness (QED) is 0.926. The van der Waals surface area contributed by atoms with Gasteiger partial charge in [-0.2, -0.15) is 0 Å². The highest BCUT2D eigenvalue weighted by Gasteiger charge is 2.20. The molecule has 0 aliphatic carbocycles. The molecule has 0 unspecified atom stereocenters. The maximum Gasteiger partial charge on any atom is 0.234 e. The van der Waals surface area contributed by atoms with Gasteiger partial charge in [0, 0.05) is 5.69 Å². The third kappa shape index (κ3) is 3.03. The lowest BCUT2D eigenvalue weighted by atomic mass is 10.1. The largest absolute Gasteiger partial charge is 0.544 e. The molecule has 20 heavy (non-hydrogen) atoms. The molecular weight excluding hydrogens is 276 g/mol. The number of para-hydroxylation sites is 1. The number of nitrogens with one attached hydrogen (secondary N) is 1. The van der Waals surface area contributed by atoms with Crippen LogP contribution in [0.15, 0.2) is 30.3 Å². The first-order valence-corrected chi connectivity index (χ1v) is 6.85. The molecule has 2 aromatic rings. The lowest BCUT2D eigenvalue weighted by Crippen LogP contribution is -2.21. The first kappa shape index (κ1) is 14.2. The second-order valence-electron chi connectivity index (χ2n) is 4.33. The van der Waals surface area contributed by atoms with Crippen LogP contribution in [0.25, 0.3) is 0 Å². The summed E-state index contributed by atoms with van der Waals surface area (Å²) in [5.74, 6) is -2.01. The number of carbonyl (C=O) groups excluding carboxylic acids is 2. The molecule has 0 saturated heterocycles. The van der Waals surface area contributed by atoms with Crippen molar-refractivity contribution in [1.82, 2.24) is 4.98 Å². The van der Waals surface area contributed by atoms with Crippen molar-refractivity contribution in [2.24, 2.45) is 0 Å². The van der Waals surface area contributed by atoms with Crippen LogP contribution in [0.4, 0.5) is 5.69 Å². The van der Waals surface area contributed by atoms with E-state index in [-0.39, 0.29) is 10.8 Å². The van der Waals surface area contributed by atoms with Gasteiger partial charge in [-0.1, -0.05) is 18.2 Å². The number of carboxylic acids is 1. The zero-order chi connectivity index (χ0) is 14.7. The topological polar surface area (TPSA) is 82.1 Å². The molecule has 1 amide bonds. The predicted octanol–water partition coefficient (Wildman–Crippen LogP) is 1.56. The fourth-order valence-electron chi connectivity index (χ4n) is 1.68. The van der Waals surface area contributed by atoms with E-state index < -0.39 is 11.9 Å². The van der Waals surface area contributed by atoms with Gasteiger partial charge in [0.05, 0.1) is 22.5 Å². The van der Waals surface area contributed by atoms with Crippen LogP contribution in [-0.2, 0) is 4.79 Å². The summed E-state index contributed by atoms with van der Waals surface area (Å²) in [6.07, 6.45) is 0. The van der Waals surface area contributed by atoms with E-state index in [0.29, 0.717) is 16.4 Å². The minimum Gasteiger partial charge on any atom is -0.544 e. The number of hydrogen-bond donors (Lipinski definition) is 1. The summed E-state index contributed by atoms with van der Waals surface area (Å²) in [4.78, 5) is 27.2. The normalized spacial score (nSPS) is 11.9. The van der Waals surface area contributed by atoms with Crippen molar-refractivity contribution in [3.63, 3.8) is 0 Å². The van der Waals surface area contributed by atoms with Crippen molar-refractivity contribution in [2.75, 3.05) is 5.32 Å². The fourth-order valence-corrected chi connectivity index (χ4v) is 2.63. The molecule has 0 bridgehead atoms. The number of carboxylic acid groups (broad SMARTS) is 1. The smallest absolute Gasteiger partial charge is 0.234 e. The number of thiazole rings is 1. The van der Waals surface area contributed by atoms with Crippen LogP contribution in [0, 0.1) is 6.92 Å². The summed E-state index contributed by atoms with van der Waals surface area (Å²) >= 11 is 0.981. The number of nitrogens with zero attached hydrogens (tertiary/aromatic N) is 1. The second-order valence-corrected chi connectivity index (χ2v) is 5.36. The van der Waals surface area contributed by atoms with Gasteiger partial charge in [-0.05, 0) is 26.0 Å². The van der Waals surface area contributed by atoms with E-state index in [1.54, 1.807) is 26.0 Å². The first-order chi connectivity index (χ1) is 9.49. The number of anilines is 1. The van der Waals surface area contributed by atoms with E-state index in [0.717, 1.165) is 11.3 Å². The summed E-state index contributed by atoms with van der Waals surface area (Å²) in [6.45, 7) is 3.28. The highest BCUT2D eigenvalue weighted by atomic mass is 32.1. The Labute approximate surface area is 120 Å². The SMILES string of the molecule is Cc1nc([C@H](C)C(=O)Nc2ccccc2)sc1C(=O)[O-]. The van der Waals surface area contributed by atoms with Crippen molar-refractivity contribution in [2.45, 2.75) is 19.8 Å². The third-order valence-electron chi connectivity index (χ3n) is 2.80. The number of rotatable bonds is 4. The Kier molecular flexibility index (Phi) is 4.14. The van der Waals surface area contributed by atoms with Gasteiger partial charge in [-0.15, -0.1) is 11.3 Å². The summed E-state index contributed by atoms with van der Waals surface area (Å²) < 4.78 is 0. The van der Waals surface area contributed by atoms with Crippen LogP contribution in [0.3, 0.4) is 0 Å². The van der Waals surface area contributed by atoms with Gasteiger partial charge >= 0.3 is 0 Å². The van der Waals surface area contributed by atoms with E-state index in [9.17, 15) is 14.7 Å². The Hall–Kier alpha value is -2.21. The average molecular weight is 289 g/mol. The number of benzene rings is 1. The molecular formula is C14H13N2O3S-. The Morgan fingerprint density at radius 3 is 2.50 bits per heavy atom. The van der Waals surface area contributed by atoms with Crippen molar-refractivity contribution < 1.29 is 14.7 Å². The molecule has 6 heteroatoms. The Morgan fingerprint density at radius 2 is 1.95 bits per heavy atom.